The van der Waals surface area contributed by atoms with Gasteiger partial charge in [0.05, 0.1) is 31.1 Å². The monoisotopic (exact) mass is 493 g/mol. The van der Waals surface area contributed by atoms with Crippen molar-refractivity contribution in [3.05, 3.63) is 47.3 Å². The van der Waals surface area contributed by atoms with E-state index in [0.29, 0.717) is 19.5 Å². The Balaban J connectivity index is 1.55. The number of nitrogens with zero attached hydrogens (tertiary/aromatic N) is 4. The van der Waals surface area contributed by atoms with E-state index in [1.165, 1.54) is 0 Å². The van der Waals surface area contributed by atoms with Crippen LogP contribution in [0.25, 0.3) is 5.69 Å². The van der Waals surface area contributed by atoms with Crippen LogP contribution in [-0.2, 0) is 22.5 Å². The van der Waals surface area contributed by atoms with Gasteiger partial charge in [0.1, 0.15) is 0 Å². The van der Waals surface area contributed by atoms with Crippen LogP contribution < -0.4 is 5.32 Å². The number of aromatic nitrogens is 2. The smallest absolute Gasteiger partial charge is 0.359 e. The number of para-hydroxylation sites is 1. The van der Waals surface area contributed by atoms with Crippen molar-refractivity contribution < 1.29 is 19.1 Å². The van der Waals surface area contributed by atoms with Gasteiger partial charge in [0.15, 0.2) is 5.69 Å². The lowest BCUT2D eigenvalue weighted by molar-refractivity contribution is 0.0515. The highest BCUT2D eigenvalue weighted by atomic mass is 16.5. The van der Waals surface area contributed by atoms with Crippen LogP contribution >= 0.6 is 0 Å². The van der Waals surface area contributed by atoms with Crippen molar-refractivity contribution in [2.24, 2.45) is 15.8 Å². The molecule has 0 saturated heterocycles. The number of isocyanates is 1. The molecule has 1 saturated carbocycles. The summed E-state index contributed by atoms with van der Waals surface area (Å²) in [6.45, 7) is 9.70. The molecule has 192 valence electrons. The topological polar surface area (TPSA) is 106 Å². The number of esters is 1. The van der Waals surface area contributed by atoms with Crippen LogP contribution in [0.5, 0.6) is 0 Å². The number of urea groups is 1. The maximum absolute atomic E-state index is 13.4. The zero-order valence-corrected chi connectivity index (χ0v) is 21.5. The Morgan fingerprint density at radius 3 is 2.67 bits per heavy atom. The minimum absolute atomic E-state index is 0.00627. The first-order chi connectivity index (χ1) is 17.1. The molecule has 1 aliphatic carbocycles. The molecular weight excluding hydrogens is 458 g/mol. The van der Waals surface area contributed by atoms with Crippen molar-refractivity contribution >= 4 is 18.1 Å². The molecule has 2 heterocycles. The van der Waals surface area contributed by atoms with Crippen molar-refractivity contribution in [3.63, 3.8) is 0 Å². The van der Waals surface area contributed by atoms with Crippen LogP contribution in [0.4, 0.5) is 4.79 Å². The Morgan fingerprint density at radius 2 is 1.97 bits per heavy atom. The number of rotatable bonds is 6. The average molecular weight is 494 g/mol. The molecule has 1 aromatic heterocycles. The quantitative estimate of drug-likeness (QED) is 0.371. The average Bonchev–Trinajstić information content (AvgIpc) is 3.21. The first-order valence-corrected chi connectivity index (χ1v) is 12.6. The van der Waals surface area contributed by atoms with E-state index in [1.54, 1.807) is 22.6 Å². The molecule has 4 rings (SSSR count). The molecule has 1 fully saturated rings. The third-order valence-corrected chi connectivity index (χ3v) is 7.11. The van der Waals surface area contributed by atoms with Crippen LogP contribution in [0.2, 0.25) is 0 Å². The summed E-state index contributed by atoms with van der Waals surface area (Å²) >= 11 is 0. The zero-order valence-electron chi connectivity index (χ0n) is 21.5. The van der Waals surface area contributed by atoms with Gasteiger partial charge in [-0.1, -0.05) is 39.0 Å². The van der Waals surface area contributed by atoms with Crippen LogP contribution in [-0.4, -0.2) is 58.5 Å². The van der Waals surface area contributed by atoms with Crippen molar-refractivity contribution in [3.8, 4) is 5.69 Å². The molecule has 2 aliphatic rings. The maximum atomic E-state index is 13.4. The summed E-state index contributed by atoms with van der Waals surface area (Å²) in [6, 6.07) is 9.47. The van der Waals surface area contributed by atoms with Crippen LogP contribution in [0.3, 0.4) is 0 Å². The van der Waals surface area contributed by atoms with Gasteiger partial charge in [-0.2, -0.15) is 5.10 Å². The molecule has 1 N–H and O–H groups in total. The number of amides is 2. The van der Waals surface area contributed by atoms with E-state index in [4.69, 9.17) is 4.74 Å². The Morgan fingerprint density at radius 1 is 1.22 bits per heavy atom. The first-order valence-electron chi connectivity index (χ1n) is 12.6. The summed E-state index contributed by atoms with van der Waals surface area (Å²) in [4.78, 5) is 42.4. The van der Waals surface area contributed by atoms with Gasteiger partial charge >= 0.3 is 12.0 Å². The number of hydrogen-bond acceptors (Lipinski definition) is 6. The van der Waals surface area contributed by atoms with Crippen LogP contribution in [0, 0.1) is 10.8 Å². The molecule has 9 heteroatoms. The van der Waals surface area contributed by atoms with E-state index in [2.05, 4.69) is 36.2 Å². The Labute approximate surface area is 211 Å². The Kier molecular flexibility index (Phi) is 7.31. The maximum Gasteiger partial charge on any atom is 0.359 e. The first kappa shape index (κ1) is 25.6. The van der Waals surface area contributed by atoms with Crippen molar-refractivity contribution in [2.45, 2.75) is 66.0 Å². The molecule has 9 nitrogen and oxygen atoms in total. The lowest BCUT2D eigenvalue weighted by Crippen LogP contribution is -2.52. The molecule has 0 bridgehead atoms. The second kappa shape index (κ2) is 10.3. The predicted molar refractivity (Wildman–Crippen MR) is 135 cm³/mol. The van der Waals surface area contributed by atoms with Gasteiger partial charge in [0.25, 0.3) is 0 Å². The molecule has 1 aromatic carbocycles. The minimum atomic E-state index is -0.480. The van der Waals surface area contributed by atoms with E-state index in [-0.39, 0.29) is 41.7 Å². The predicted octanol–water partition coefficient (Wildman–Crippen LogP) is 4.04. The van der Waals surface area contributed by atoms with Crippen molar-refractivity contribution in [1.29, 1.82) is 0 Å². The van der Waals surface area contributed by atoms with Crippen molar-refractivity contribution in [1.82, 2.24) is 20.0 Å². The number of benzene rings is 1. The van der Waals surface area contributed by atoms with Gasteiger partial charge in [-0.15, -0.1) is 0 Å². The van der Waals surface area contributed by atoms with Crippen LogP contribution in [0.15, 0.2) is 35.3 Å². The SMILES string of the molecule is CCOC(=O)c1nn(-c2ccccc2)c2c1CN(C(=O)NC1CC(C)(C)CC(C)(CN=C=O)C1)CC2. The molecule has 2 atom stereocenters. The van der Waals surface area contributed by atoms with Gasteiger partial charge in [0, 0.05) is 24.6 Å². The van der Waals surface area contributed by atoms with Crippen molar-refractivity contribution in [2.75, 3.05) is 19.7 Å². The van der Waals surface area contributed by atoms with Gasteiger partial charge in [-0.3, -0.25) is 0 Å². The standard InChI is InChI=1S/C27H35N5O4/c1-5-36-24(34)23-21-15-31(12-11-22(21)32(30-23)20-9-7-6-8-10-20)25(35)29-19-13-26(2,3)16-27(4,14-19)17-28-18-33/h6-10,19H,5,11-17H2,1-4H3,(H,29,35). The molecule has 2 unspecified atom stereocenters. The summed E-state index contributed by atoms with van der Waals surface area (Å²) in [7, 11) is 0. The minimum Gasteiger partial charge on any atom is -0.461 e. The number of aliphatic imine (C=N–C) groups is 1. The molecule has 0 spiro atoms. The summed E-state index contributed by atoms with van der Waals surface area (Å²) in [5.74, 6) is -0.480. The number of carbonyl (C=O) groups is 2. The van der Waals surface area contributed by atoms with E-state index in [9.17, 15) is 14.4 Å². The number of hydrogen-bond donors (Lipinski definition) is 1. The largest absolute Gasteiger partial charge is 0.461 e. The molecule has 2 amide bonds. The van der Waals surface area contributed by atoms with E-state index >= 15 is 0 Å². The van der Waals surface area contributed by atoms with Gasteiger partial charge in [-0.05, 0) is 49.1 Å². The molecule has 0 radical (unpaired) electrons. The third kappa shape index (κ3) is 5.51. The summed E-state index contributed by atoms with van der Waals surface area (Å²) in [5, 5.41) is 7.82. The molecular formula is C27H35N5O4. The second-order valence-electron chi connectivity index (χ2n) is 11.0. The normalized spacial score (nSPS) is 22.8. The lowest BCUT2D eigenvalue weighted by Gasteiger charge is -2.46. The molecule has 36 heavy (non-hydrogen) atoms. The van der Waals surface area contributed by atoms with E-state index in [0.717, 1.165) is 36.2 Å². The van der Waals surface area contributed by atoms with Gasteiger partial charge < -0.3 is 15.0 Å². The Hall–Kier alpha value is -3.45. The Bertz CT molecular complexity index is 1170. The number of fused-ring (bicyclic) bond motifs is 1. The highest BCUT2D eigenvalue weighted by Crippen LogP contribution is 2.46. The van der Waals surface area contributed by atoms with Crippen LogP contribution in [0.1, 0.15) is 68.7 Å². The number of carbonyl (C=O) groups excluding carboxylic acids is 3. The van der Waals surface area contributed by atoms with Gasteiger partial charge in [-0.25, -0.2) is 24.1 Å². The van der Waals surface area contributed by atoms with E-state index < -0.39 is 5.97 Å². The highest BCUT2D eigenvalue weighted by Gasteiger charge is 2.42. The molecule has 2 aromatic rings. The number of nitrogens with one attached hydrogen (secondary N) is 1. The summed E-state index contributed by atoms with van der Waals surface area (Å²) in [6.07, 6.45) is 4.74. The fourth-order valence-electron chi connectivity index (χ4n) is 6.08. The van der Waals surface area contributed by atoms with E-state index in [1.807, 2.05) is 30.3 Å². The highest BCUT2D eigenvalue weighted by molar-refractivity contribution is 5.89. The fraction of sp³-hybridized carbons (Fsp3) is 0.556. The summed E-state index contributed by atoms with van der Waals surface area (Å²) in [5.41, 5.74) is 2.60. The lowest BCUT2D eigenvalue weighted by atomic mass is 9.62. The van der Waals surface area contributed by atoms with Gasteiger partial charge in [0.2, 0.25) is 6.08 Å². The number of ether oxygens (including phenoxy) is 1. The summed E-state index contributed by atoms with van der Waals surface area (Å²) < 4.78 is 7.06. The fourth-order valence-corrected chi connectivity index (χ4v) is 6.08. The second-order valence-corrected chi connectivity index (χ2v) is 11.0. The molecule has 1 aliphatic heterocycles. The third-order valence-electron chi connectivity index (χ3n) is 7.11. The zero-order chi connectivity index (χ0) is 25.9.